The number of aromatic nitrogens is 2. The third-order valence-electron chi connectivity index (χ3n) is 5.84. The Morgan fingerprint density at radius 1 is 1.12 bits per heavy atom. The molecule has 4 aromatic rings. The third-order valence-corrected chi connectivity index (χ3v) is 6.94. The van der Waals surface area contributed by atoms with Crippen molar-refractivity contribution in [3.05, 3.63) is 78.6 Å². The number of rotatable bonds is 7. The first-order valence-corrected chi connectivity index (χ1v) is 12.1. The van der Waals surface area contributed by atoms with Gasteiger partial charge in [-0.2, -0.15) is 0 Å². The molecule has 0 radical (unpaired) electrons. The summed E-state index contributed by atoms with van der Waals surface area (Å²) in [6.45, 7) is 4.71. The molecule has 1 aliphatic rings. The highest BCUT2D eigenvalue weighted by Gasteiger charge is 2.26. The van der Waals surface area contributed by atoms with Gasteiger partial charge in [-0.25, -0.2) is 9.97 Å². The number of carbonyl (C=O) groups excluding carboxylic acids is 1. The Morgan fingerprint density at radius 2 is 1.94 bits per heavy atom. The summed E-state index contributed by atoms with van der Waals surface area (Å²) >= 11 is 1.46. The van der Waals surface area contributed by atoms with E-state index in [9.17, 15) is 4.79 Å². The molecule has 1 N–H and O–H groups in total. The Labute approximate surface area is 197 Å². The van der Waals surface area contributed by atoms with Gasteiger partial charge in [0, 0.05) is 31.1 Å². The number of thioether (sulfide) groups is 1. The van der Waals surface area contributed by atoms with Crippen molar-refractivity contribution < 1.29 is 9.21 Å². The number of benzene rings is 2. The first-order chi connectivity index (χ1) is 16.2. The molecular weight excluding hydrogens is 432 g/mol. The van der Waals surface area contributed by atoms with E-state index in [4.69, 9.17) is 9.40 Å². The quantitative estimate of drug-likeness (QED) is 0.318. The smallest absolute Gasteiger partial charge is 0.233 e. The maximum Gasteiger partial charge on any atom is 0.233 e. The fourth-order valence-corrected chi connectivity index (χ4v) is 5.08. The van der Waals surface area contributed by atoms with E-state index in [0.29, 0.717) is 11.6 Å². The van der Waals surface area contributed by atoms with Crippen molar-refractivity contribution in [1.82, 2.24) is 20.2 Å². The second kappa shape index (κ2) is 9.77. The molecule has 2 aromatic heterocycles. The number of nitrogens with zero attached hydrogens (tertiary/aromatic N) is 3. The molecule has 6 nitrogen and oxygen atoms in total. The van der Waals surface area contributed by atoms with Gasteiger partial charge in [0.2, 0.25) is 5.91 Å². The molecule has 1 aliphatic heterocycles. The molecule has 1 amide bonds. The second-order valence-corrected chi connectivity index (χ2v) is 9.65. The van der Waals surface area contributed by atoms with Gasteiger partial charge >= 0.3 is 0 Å². The lowest BCUT2D eigenvalue weighted by molar-refractivity contribution is -0.120. The fraction of sp³-hybridized carbons (Fsp3) is 0.269. The number of amides is 1. The minimum atomic E-state index is -0.282. The first-order valence-electron chi connectivity index (χ1n) is 11.2. The van der Waals surface area contributed by atoms with Crippen LogP contribution >= 0.6 is 11.8 Å². The lowest BCUT2D eigenvalue weighted by Gasteiger charge is -2.19. The molecule has 168 valence electrons. The molecule has 2 unspecified atom stereocenters. The predicted molar refractivity (Wildman–Crippen MR) is 131 cm³/mol. The van der Waals surface area contributed by atoms with Crippen LogP contribution < -0.4 is 5.32 Å². The third kappa shape index (κ3) is 5.10. The highest BCUT2D eigenvalue weighted by molar-refractivity contribution is 8.00. The van der Waals surface area contributed by atoms with E-state index in [2.05, 4.69) is 39.5 Å². The summed E-state index contributed by atoms with van der Waals surface area (Å²) in [6.07, 6.45) is 2.58. The summed E-state index contributed by atoms with van der Waals surface area (Å²) in [5.41, 5.74) is 2.14. The summed E-state index contributed by atoms with van der Waals surface area (Å²) < 4.78 is 5.50. The zero-order valence-electron chi connectivity index (χ0n) is 18.5. The summed E-state index contributed by atoms with van der Waals surface area (Å²) in [7, 11) is 0. The van der Waals surface area contributed by atoms with Crippen molar-refractivity contribution in [2.45, 2.75) is 36.2 Å². The Balaban J connectivity index is 1.25. The van der Waals surface area contributed by atoms with Gasteiger partial charge < -0.3 is 9.73 Å². The zero-order valence-corrected chi connectivity index (χ0v) is 19.3. The van der Waals surface area contributed by atoms with Crippen LogP contribution in [0.5, 0.6) is 0 Å². The van der Waals surface area contributed by atoms with E-state index in [0.717, 1.165) is 42.0 Å². The molecule has 0 saturated carbocycles. The topological polar surface area (TPSA) is 71.3 Å². The minimum absolute atomic E-state index is 0.0359. The number of hydrogen-bond acceptors (Lipinski definition) is 6. The van der Waals surface area contributed by atoms with Crippen molar-refractivity contribution >= 4 is 28.6 Å². The molecule has 3 heterocycles. The van der Waals surface area contributed by atoms with Crippen LogP contribution in [0.3, 0.4) is 0 Å². The lowest BCUT2D eigenvalue weighted by Crippen LogP contribution is -2.40. The summed E-state index contributed by atoms with van der Waals surface area (Å²) in [5.74, 6) is 1.18. The molecule has 33 heavy (non-hydrogen) atoms. The summed E-state index contributed by atoms with van der Waals surface area (Å²) in [4.78, 5) is 24.8. The largest absolute Gasteiger partial charge is 0.461 e. The number of hydrogen-bond donors (Lipinski definition) is 1. The van der Waals surface area contributed by atoms with Crippen molar-refractivity contribution in [2.75, 3.05) is 13.1 Å². The maximum absolute atomic E-state index is 13.0. The van der Waals surface area contributed by atoms with Crippen LogP contribution in [0.4, 0.5) is 0 Å². The number of para-hydroxylation sites is 1. The summed E-state index contributed by atoms with van der Waals surface area (Å²) in [5, 5.41) is 4.68. The molecule has 0 spiro atoms. The first kappa shape index (κ1) is 21.7. The van der Waals surface area contributed by atoms with Crippen molar-refractivity contribution in [2.24, 2.45) is 0 Å². The normalized spacial score (nSPS) is 17.3. The van der Waals surface area contributed by atoms with Gasteiger partial charge in [0.1, 0.15) is 5.03 Å². The predicted octanol–water partition coefficient (Wildman–Crippen LogP) is 4.76. The van der Waals surface area contributed by atoms with E-state index in [1.54, 1.807) is 6.26 Å². The van der Waals surface area contributed by atoms with Crippen molar-refractivity contribution in [3.63, 3.8) is 0 Å². The highest BCUT2D eigenvalue weighted by Crippen LogP contribution is 2.31. The van der Waals surface area contributed by atoms with Crippen molar-refractivity contribution in [3.8, 4) is 11.6 Å². The van der Waals surface area contributed by atoms with Crippen LogP contribution in [0.2, 0.25) is 0 Å². The molecule has 0 bridgehead atoms. The number of carbonyl (C=O) groups is 1. The Bertz CT molecular complexity index is 1230. The van der Waals surface area contributed by atoms with Gasteiger partial charge in [-0.1, -0.05) is 60.3 Å². The van der Waals surface area contributed by atoms with Crippen LogP contribution in [-0.2, 0) is 11.3 Å². The van der Waals surface area contributed by atoms with Gasteiger partial charge in [0.25, 0.3) is 0 Å². The van der Waals surface area contributed by atoms with Gasteiger partial charge in [-0.3, -0.25) is 9.69 Å². The zero-order chi connectivity index (χ0) is 22.6. The van der Waals surface area contributed by atoms with E-state index in [-0.39, 0.29) is 17.2 Å². The Morgan fingerprint density at radius 3 is 2.76 bits per heavy atom. The van der Waals surface area contributed by atoms with Crippen LogP contribution in [0.1, 0.15) is 18.9 Å². The van der Waals surface area contributed by atoms with Gasteiger partial charge in [-0.15, -0.1) is 0 Å². The monoisotopic (exact) mass is 458 g/mol. The molecule has 1 saturated heterocycles. The molecule has 1 fully saturated rings. The van der Waals surface area contributed by atoms with E-state index >= 15 is 0 Å². The number of furan rings is 1. The fourth-order valence-electron chi connectivity index (χ4n) is 4.13. The molecule has 5 rings (SSSR count). The average molecular weight is 459 g/mol. The standard InChI is InChI=1S/C26H26N4O2S/c1-18(25(31)27-20-13-14-30(17-20)16-19-8-3-2-4-9-19)33-26-21-10-5-6-11-22(21)28-24(29-26)23-12-7-15-32-23/h2-12,15,18,20H,13-14,16-17H2,1H3,(H,27,31). The number of nitrogens with one attached hydrogen (secondary N) is 1. The van der Waals surface area contributed by atoms with Crippen LogP contribution in [0.25, 0.3) is 22.5 Å². The van der Waals surface area contributed by atoms with Crippen LogP contribution in [0, 0.1) is 0 Å². The average Bonchev–Trinajstić information content (AvgIpc) is 3.52. The molecule has 2 aromatic carbocycles. The molecule has 7 heteroatoms. The number of fused-ring (bicyclic) bond motifs is 1. The lowest BCUT2D eigenvalue weighted by atomic mass is 10.2. The molecule has 2 atom stereocenters. The highest BCUT2D eigenvalue weighted by atomic mass is 32.2. The van der Waals surface area contributed by atoms with Gasteiger partial charge in [0.05, 0.1) is 17.0 Å². The van der Waals surface area contributed by atoms with Crippen molar-refractivity contribution in [1.29, 1.82) is 0 Å². The van der Waals surface area contributed by atoms with Gasteiger partial charge in [-0.05, 0) is 37.1 Å². The molecular formula is C26H26N4O2S. The van der Waals surface area contributed by atoms with E-state index in [1.807, 2.05) is 49.4 Å². The Hall–Kier alpha value is -3.16. The number of likely N-dealkylation sites (tertiary alicyclic amines) is 1. The Kier molecular flexibility index (Phi) is 6.41. The van der Waals surface area contributed by atoms with Crippen LogP contribution in [0.15, 0.2) is 82.4 Å². The second-order valence-electron chi connectivity index (χ2n) is 8.32. The van der Waals surface area contributed by atoms with E-state index < -0.39 is 0 Å². The maximum atomic E-state index is 13.0. The SMILES string of the molecule is CC(Sc1nc(-c2ccco2)nc2ccccc12)C(=O)NC1CCN(Cc2ccccc2)C1. The van der Waals surface area contributed by atoms with E-state index in [1.165, 1.54) is 17.3 Å². The summed E-state index contributed by atoms with van der Waals surface area (Å²) in [6, 6.07) is 22.2. The van der Waals surface area contributed by atoms with Crippen LogP contribution in [-0.4, -0.2) is 45.2 Å². The minimum Gasteiger partial charge on any atom is -0.461 e. The van der Waals surface area contributed by atoms with Gasteiger partial charge in [0.15, 0.2) is 11.6 Å². The molecule has 0 aliphatic carbocycles.